The lowest BCUT2D eigenvalue weighted by molar-refractivity contribution is 0.0595. The first-order valence-electron chi connectivity index (χ1n) is 3.93. The number of aliphatic hydroxyl groups is 1. The van der Waals surface area contributed by atoms with E-state index in [2.05, 4.69) is 12.8 Å². The molecule has 2 atom stereocenters. The van der Waals surface area contributed by atoms with Gasteiger partial charge in [-0.05, 0) is 31.6 Å². The van der Waals surface area contributed by atoms with Gasteiger partial charge in [0.05, 0.1) is 0 Å². The van der Waals surface area contributed by atoms with Crippen LogP contribution in [0.1, 0.15) is 32.6 Å². The molecular weight excluding hydrogens is 124 g/mol. The summed E-state index contributed by atoms with van der Waals surface area (Å²) in [4.78, 5) is 0. The zero-order chi connectivity index (χ0) is 7.61. The summed E-state index contributed by atoms with van der Waals surface area (Å²) in [5.74, 6) is 2.84. The minimum absolute atomic E-state index is 0.345. The van der Waals surface area contributed by atoms with E-state index in [9.17, 15) is 5.11 Å². The minimum atomic E-state index is -0.769. The van der Waals surface area contributed by atoms with Crippen LogP contribution in [0.4, 0.5) is 0 Å². The van der Waals surface area contributed by atoms with Crippen LogP contribution in [0.25, 0.3) is 0 Å². The molecule has 0 bridgehead atoms. The molecule has 0 aromatic carbocycles. The third-order valence-corrected chi connectivity index (χ3v) is 2.53. The van der Waals surface area contributed by atoms with Gasteiger partial charge in [0, 0.05) is 0 Å². The highest BCUT2D eigenvalue weighted by Crippen LogP contribution is 2.36. The first-order valence-corrected chi connectivity index (χ1v) is 3.93. The maximum Gasteiger partial charge on any atom is 0.128 e. The van der Waals surface area contributed by atoms with E-state index in [1.807, 2.05) is 0 Å². The summed E-state index contributed by atoms with van der Waals surface area (Å²) in [6.45, 7) is 2.08. The molecule has 1 rings (SSSR count). The molecule has 1 nitrogen and oxygen atoms in total. The highest BCUT2D eigenvalue weighted by Gasteiger charge is 2.37. The Labute approximate surface area is 62.4 Å². The topological polar surface area (TPSA) is 20.2 Å². The zero-order valence-electron chi connectivity index (χ0n) is 6.43. The Balaban J connectivity index is 2.68. The van der Waals surface area contributed by atoms with Crippen molar-refractivity contribution in [2.24, 2.45) is 5.92 Å². The smallest absolute Gasteiger partial charge is 0.128 e. The largest absolute Gasteiger partial charge is 0.377 e. The Kier molecular flexibility index (Phi) is 2.01. The highest BCUT2D eigenvalue weighted by molar-refractivity contribution is 5.12. The second-order valence-electron chi connectivity index (χ2n) is 3.07. The van der Waals surface area contributed by atoms with E-state index in [-0.39, 0.29) is 0 Å². The summed E-state index contributed by atoms with van der Waals surface area (Å²) in [6.07, 6.45) is 9.21. The lowest BCUT2D eigenvalue weighted by atomic mass is 9.90. The third kappa shape index (κ3) is 1.04. The molecule has 0 heterocycles. The average molecular weight is 138 g/mol. The van der Waals surface area contributed by atoms with E-state index in [1.54, 1.807) is 0 Å². The summed E-state index contributed by atoms with van der Waals surface area (Å²) in [5.41, 5.74) is -0.769. The summed E-state index contributed by atoms with van der Waals surface area (Å²) in [6, 6.07) is 0. The molecule has 1 N–H and O–H groups in total. The number of rotatable bonds is 1. The average Bonchev–Trinajstić information content (AvgIpc) is 2.32. The summed E-state index contributed by atoms with van der Waals surface area (Å²) in [7, 11) is 0. The van der Waals surface area contributed by atoms with Crippen LogP contribution in [0.5, 0.6) is 0 Å². The zero-order valence-corrected chi connectivity index (χ0v) is 6.43. The second-order valence-corrected chi connectivity index (χ2v) is 3.07. The van der Waals surface area contributed by atoms with Crippen molar-refractivity contribution < 1.29 is 5.11 Å². The molecule has 1 aliphatic rings. The van der Waals surface area contributed by atoms with Gasteiger partial charge >= 0.3 is 0 Å². The number of terminal acetylenes is 1. The fourth-order valence-electron chi connectivity index (χ4n) is 1.79. The van der Waals surface area contributed by atoms with Gasteiger partial charge in [0.15, 0.2) is 0 Å². The van der Waals surface area contributed by atoms with Gasteiger partial charge in [-0.3, -0.25) is 0 Å². The van der Waals surface area contributed by atoms with E-state index in [0.717, 1.165) is 25.7 Å². The first kappa shape index (κ1) is 7.63. The predicted molar refractivity (Wildman–Crippen MR) is 41.4 cm³/mol. The van der Waals surface area contributed by atoms with Gasteiger partial charge in [-0.2, -0.15) is 0 Å². The standard InChI is InChI=1S/C9H14O/c1-3-8-6-5-7-9(8,10)4-2/h2,8,10H,3,5-7H2,1H3. The SMILES string of the molecule is C#CC1(O)CCCC1CC. The summed E-state index contributed by atoms with van der Waals surface area (Å²) < 4.78 is 0. The fourth-order valence-corrected chi connectivity index (χ4v) is 1.79. The molecule has 0 amide bonds. The van der Waals surface area contributed by atoms with Crippen LogP contribution in [-0.2, 0) is 0 Å². The van der Waals surface area contributed by atoms with Crippen LogP contribution in [0.15, 0.2) is 0 Å². The molecule has 1 fully saturated rings. The first-order chi connectivity index (χ1) is 4.73. The molecule has 1 heteroatoms. The van der Waals surface area contributed by atoms with Crippen molar-refractivity contribution in [1.29, 1.82) is 0 Å². The fraction of sp³-hybridized carbons (Fsp3) is 0.778. The minimum Gasteiger partial charge on any atom is -0.377 e. The Hall–Kier alpha value is -0.480. The summed E-state index contributed by atoms with van der Waals surface area (Å²) >= 11 is 0. The van der Waals surface area contributed by atoms with Crippen LogP contribution >= 0.6 is 0 Å². The highest BCUT2D eigenvalue weighted by atomic mass is 16.3. The Morgan fingerprint density at radius 3 is 2.90 bits per heavy atom. The van der Waals surface area contributed by atoms with Crippen molar-refractivity contribution in [2.45, 2.75) is 38.2 Å². The van der Waals surface area contributed by atoms with Crippen LogP contribution in [0.3, 0.4) is 0 Å². The Morgan fingerprint density at radius 1 is 1.80 bits per heavy atom. The van der Waals surface area contributed by atoms with Crippen molar-refractivity contribution >= 4 is 0 Å². The lowest BCUT2D eigenvalue weighted by Gasteiger charge is -2.22. The normalized spacial score (nSPS) is 39.5. The molecule has 0 radical (unpaired) electrons. The monoisotopic (exact) mass is 138 g/mol. The molecule has 1 aliphatic carbocycles. The molecule has 0 spiro atoms. The maximum absolute atomic E-state index is 9.72. The van der Waals surface area contributed by atoms with Gasteiger partial charge in [0.1, 0.15) is 5.60 Å². The Morgan fingerprint density at radius 2 is 2.50 bits per heavy atom. The van der Waals surface area contributed by atoms with E-state index in [0.29, 0.717) is 5.92 Å². The van der Waals surface area contributed by atoms with Gasteiger partial charge in [-0.15, -0.1) is 6.42 Å². The molecule has 0 saturated heterocycles. The van der Waals surface area contributed by atoms with Gasteiger partial charge in [-0.1, -0.05) is 12.8 Å². The maximum atomic E-state index is 9.72. The quantitative estimate of drug-likeness (QED) is 0.545. The number of hydrogen-bond donors (Lipinski definition) is 1. The lowest BCUT2D eigenvalue weighted by Crippen LogP contribution is -2.30. The predicted octanol–water partition coefficient (Wildman–Crippen LogP) is 1.56. The van der Waals surface area contributed by atoms with E-state index >= 15 is 0 Å². The van der Waals surface area contributed by atoms with Crippen LogP contribution in [0.2, 0.25) is 0 Å². The van der Waals surface area contributed by atoms with Crippen molar-refractivity contribution in [2.75, 3.05) is 0 Å². The molecule has 1 saturated carbocycles. The molecule has 0 aromatic heterocycles. The van der Waals surface area contributed by atoms with Crippen molar-refractivity contribution in [1.82, 2.24) is 0 Å². The van der Waals surface area contributed by atoms with Crippen molar-refractivity contribution in [3.8, 4) is 12.3 Å². The third-order valence-electron chi connectivity index (χ3n) is 2.53. The molecule has 0 aromatic rings. The van der Waals surface area contributed by atoms with Crippen molar-refractivity contribution in [3.05, 3.63) is 0 Å². The molecule has 2 unspecified atom stereocenters. The second kappa shape index (κ2) is 2.64. The number of hydrogen-bond acceptors (Lipinski definition) is 1. The van der Waals surface area contributed by atoms with Gasteiger partial charge < -0.3 is 5.11 Å². The van der Waals surface area contributed by atoms with E-state index < -0.39 is 5.60 Å². The van der Waals surface area contributed by atoms with E-state index in [1.165, 1.54) is 0 Å². The molecule has 10 heavy (non-hydrogen) atoms. The van der Waals surface area contributed by atoms with Crippen molar-refractivity contribution in [3.63, 3.8) is 0 Å². The van der Waals surface area contributed by atoms with Crippen LogP contribution in [0, 0.1) is 18.3 Å². The van der Waals surface area contributed by atoms with Crippen LogP contribution in [-0.4, -0.2) is 10.7 Å². The Bertz CT molecular complexity index is 157. The molecule has 56 valence electrons. The van der Waals surface area contributed by atoms with E-state index in [4.69, 9.17) is 6.42 Å². The van der Waals surface area contributed by atoms with Gasteiger partial charge in [0.2, 0.25) is 0 Å². The van der Waals surface area contributed by atoms with Crippen LogP contribution < -0.4 is 0 Å². The molecular formula is C9H14O. The van der Waals surface area contributed by atoms with Gasteiger partial charge in [0.25, 0.3) is 0 Å². The van der Waals surface area contributed by atoms with Gasteiger partial charge in [-0.25, -0.2) is 0 Å². The molecule has 0 aliphatic heterocycles. The summed E-state index contributed by atoms with van der Waals surface area (Å²) in [5, 5.41) is 9.72.